The summed E-state index contributed by atoms with van der Waals surface area (Å²) in [6.45, 7) is 9.73. The molecule has 2 saturated heterocycles. The van der Waals surface area contributed by atoms with Crippen LogP contribution in [0.4, 0.5) is 10.5 Å². The Balaban J connectivity index is 1.83. The molecule has 1 aromatic rings. The number of para-hydroxylation sites is 1. The van der Waals surface area contributed by atoms with Crippen molar-refractivity contribution in [3.8, 4) is 0 Å². The van der Waals surface area contributed by atoms with Gasteiger partial charge in [0.1, 0.15) is 0 Å². The van der Waals surface area contributed by atoms with Crippen molar-refractivity contribution in [1.82, 2.24) is 10.6 Å². The second-order valence-electron chi connectivity index (χ2n) is 9.15. The lowest BCUT2D eigenvalue weighted by molar-refractivity contribution is -0.124. The van der Waals surface area contributed by atoms with E-state index in [1.807, 2.05) is 18.2 Å². The van der Waals surface area contributed by atoms with Crippen molar-refractivity contribution in [2.75, 3.05) is 18.0 Å². The van der Waals surface area contributed by atoms with Crippen molar-refractivity contribution >= 4 is 52.2 Å². The third-order valence-corrected chi connectivity index (χ3v) is 6.37. The van der Waals surface area contributed by atoms with E-state index < -0.39 is 5.91 Å². The van der Waals surface area contributed by atoms with Crippen molar-refractivity contribution in [3.05, 3.63) is 33.7 Å². The van der Waals surface area contributed by atoms with Gasteiger partial charge in [-0.05, 0) is 41.7 Å². The first-order chi connectivity index (χ1) is 14.0. The molecule has 30 heavy (non-hydrogen) atoms. The van der Waals surface area contributed by atoms with E-state index in [-0.39, 0.29) is 22.6 Å². The summed E-state index contributed by atoms with van der Waals surface area (Å²) in [5, 5.41) is 5.68. The molecule has 2 aliphatic rings. The molecule has 2 atom stereocenters. The van der Waals surface area contributed by atoms with Crippen LogP contribution in [0.5, 0.6) is 0 Å². The predicted molar refractivity (Wildman–Crippen MR) is 123 cm³/mol. The maximum atomic E-state index is 12.5. The van der Waals surface area contributed by atoms with E-state index in [2.05, 4.69) is 43.2 Å². The Hall–Kier alpha value is -1.99. The number of amides is 3. The zero-order chi connectivity index (χ0) is 22.1. The van der Waals surface area contributed by atoms with E-state index >= 15 is 0 Å². The van der Waals surface area contributed by atoms with E-state index in [0.29, 0.717) is 28.8 Å². The number of anilines is 1. The highest BCUT2D eigenvalue weighted by Gasteiger charge is 2.31. The Bertz CT molecular complexity index is 894. The van der Waals surface area contributed by atoms with Crippen LogP contribution >= 0.6 is 23.4 Å². The number of piperidine rings is 1. The summed E-state index contributed by atoms with van der Waals surface area (Å²) in [5.41, 5.74) is 1.53. The van der Waals surface area contributed by atoms with Crippen molar-refractivity contribution in [1.29, 1.82) is 0 Å². The molecule has 3 amide bonds. The number of nitrogens with one attached hydrogen (secondary N) is 2. The monoisotopic (exact) mass is 449 g/mol. The molecule has 2 N–H and O–H groups in total. The molecule has 2 heterocycles. The van der Waals surface area contributed by atoms with Crippen molar-refractivity contribution in [2.24, 2.45) is 11.3 Å². The number of benzene rings is 1. The smallest absolute Gasteiger partial charge is 0.290 e. The molecule has 0 radical (unpaired) electrons. The van der Waals surface area contributed by atoms with Gasteiger partial charge in [0.15, 0.2) is 0 Å². The number of halogens is 1. The molecule has 1 aromatic carbocycles. The highest BCUT2D eigenvalue weighted by molar-refractivity contribution is 8.18. The molecule has 0 spiro atoms. The van der Waals surface area contributed by atoms with E-state index in [1.165, 1.54) is 0 Å². The molecular formula is C22H28ClN3O3S. The number of nitrogens with zero attached hydrogens (tertiary/aromatic N) is 1. The number of rotatable bonds is 4. The molecule has 0 saturated carbocycles. The fourth-order valence-corrected chi connectivity index (χ4v) is 4.72. The van der Waals surface area contributed by atoms with Crippen LogP contribution in [-0.2, 0) is 9.59 Å². The normalized spacial score (nSPS) is 23.6. The Morgan fingerprint density at radius 3 is 2.73 bits per heavy atom. The van der Waals surface area contributed by atoms with Crippen LogP contribution in [0.15, 0.2) is 23.1 Å². The molecule has 2 aliphatic heterocycles. The van der Waals surface area contributed by atoms with Gasteiger partial charge in [-0.3, -0.25) is 19.7 Å². The van der Waals surface area contributed by atoms with E-state index in [9.17, 15) is 14.4 Å². The average Bonchev–Trinajstić information content (AvgIpc) is 2.93. The predicted octanol–water partition coefficient (Wildman–Crippen LogP) is 4.43. The standard InChI is InChI=1S/C22H28ClN3O3S/c1-13-8-9-26(12-16(13)24-18(27)11-22(2,3)4)19-14(6-5-7-15(19)23)10-17-20(28)25-21(29)30-17/h5-7,10,13,16H,8-9,11-12H2,1-4H3,(H,24,27)(H,25,28,29)/b17-10-. The number of hydrogen-bond acceptors (Lipinski definition) is 5. The largest absolute Gasteiger partial charge is 0.368 e. The SMILES string of the molecule is CC1CCN(c2c(Cl)cccc2/C=C2\SC(=O)NC2=O)CC1NC(=O)CC(C)(C)C. The lowest BCUT2D eigenvalue weighted by Gasteiger charge is -2.40. The van der Waals surface area contributed by atoms with Crippen molar-refractivity contribution < 1.29 is 14.4 Å². The number of carbonyl (C=O) groups excluding carboxylic acids is 3. The molecule has 2 unspecified atom stereocenters. The summed E-state index contributed by atoms with van der Waals surface area (Å²) in [5.74, 6) is 0.0130. The van der Waals surface area contributed by atoms with Crippen LogP contribution in [0.25, 0.3) is 6.08 Å². The minimum absolute atomic E-state index is 0.0103. The summed E-state index contributed by atoms with van der Waals surface area (Å²) in [7, 11) is 0. The first kappa shape index (κ1) is 22.7. The molecule has 0 bridgehead atoms. The Labute approximate surface area is 186 Å². The molecule has 162 valence electrons. The Kier molecular flexibility index (Phi) is 6.82. The maximum Gasteiger partial charge on any atom is 0.290 e. The molecule has 2 fully saturated rings. The van der Waals surface area contributed by atoms with Crippen LogP contribution in [0.1, 0.15) is 46.1 Å². The van der Waals surface area contributed by atoms with Crippen LogP contribution in [0.3, 0.4) is 0 Å². The fourth-order valence-electron chi connectivity index (χ4n) is 3.74. The van der Waals surface area contributed by atoms with Gasteiger partial charge in [-0.2, -0.15) is 0 Å². The van der Waals surface area contributed by atoms with Gasteiger partial charge in [-0.15, -0.1) is 0 Å². The summed E-state index contributed by atoms with van der Waals surface area (Å²) in [6, 6.07) is 5.54. The van der Waals surface area contributed by atoms with Crippen molar-refractivity contribution in [3.63, 3.8) is 0 Å². The zero-order valence-electron chi connectivity index (χ0n) is 17.8. The van der Waals surface area contributed by atoms with Gasteiger partial charge in [-0.1, -0.05) is 51.4 Å². The third kappa shape index (κ3) is 5.58. The van der Waals surface area contributed by atoms with Crippen LogP contribution < -0.4 is 15.5 Å². The molecule has 8 heteroatoms. The topological polar surface area (TPSA) is 78.5 Å². The highest BCUT2D eigenvalue weighted by Crippen LogP contribution is 2.36. The van der Waals surface area contributed by atoms with Crippen LogP contribution in [0.2, 0.25) is 5.02 Å². The van der Waals surface area contributed by atoms with Gasteiger partial charge in [0.25, 0.3) is 11.1 Å². The summed E-state index contributed by atoms with van der Waals surface area (Å²) in [6.07, 6.45) is 3.09. The van der Waals surface area contributed by atoms with E-state index in [1.54, 1.807) is 6.08 Å². The van der Waals surface area contributed by atoms with Crippen molar-refractivity contribution in [2.45, 2.75) is 46.6 Å². The van der Waals surface area contributed by atoms with E-state index in [0.717, 1.165) is 36.0 Å². The molecule has 0 aliphatic carbocycles. The minimum Gasteiger partial charge on any atom is -0.368 e. The lowest BCUT2D eigenvalue weighted by atomic mass is 9.89. The second kappa shape index (κ2) is 9.02. The van der Waals surface area contributed by atoms with Gasteiger partial charge in [0.2, 0.25) is 5.91 Å². The third-order valence-electron chi connectivity index (χ3n) is 5.26. The number of imide groups is 1. The quantitative estimate of drug-likeness (QED) is 0.665. The summed E-state index contributed by atoms with van der Waals surface area (Å²) >= 11 is 7.44. The van der Waals surface area contributed by atoms with Gasteiger partial charge in [0.05, 0.1) is 15.6 Å². The zero-order valence-corrected chi connectivity index (χ0v) is 19.3. The molecule has 6 nitrogen and oxygen atoms in total. The summed E-state index contributed by atoms with van der Waals surface area (Å²) < 4.78 is 0. The first-order valence-electron chi connectivity index (χ1n) is 10.1. The minimum atomic E-state index is -0.393. The average molecular weight is 450 g/mol. The molecule has 3 rings (SSSR count). The first-order valence-corrected chi connectivity index (χ1v) is 11.3. The van der Waals surface area contributed by atoms with E-state index in [4.69, 9.17) is 11.6 Å². The Morgan fingerprint density at radius 2 is 2.10 bits per heavy atom. The van der Waals surface area contributed by atoms with Gasteiger partial charge < -0.3 is 10.2 Å². The number of hydrogen-bond donors (Lipinski definition) is 2. The lowest BCUT2D eigenvalue weighted by Crippen LogP contribution is -2.52. The van der Waals surface area contributed by atoms with Crippen LogP contribution in [0, 0.1) is 11.3 Å². The maximum absolute atomic E-state index is 12.5. The van der Waals surface area contributed by atoms with Gasteiger partial charge in [-0.25, -0.2) is 0 Å². The molecule has 0 aromatic heterocycles. The molecular weight excluding hydrogens is 422 g/mol. The fraction of sp³-hybridized carbons (Fsp3) is 0.500. The summed E-state index contributed by atoms with van der Waals surface area (Å²) in [4.78, 5) is 38.5. The Morgan fingerprint density at radius 1 is 1.37 bits per heavy atom. The highest BCUT2D eigenvalue weighted by atomic mass is 35.5. The van der Waals surface area contributed by atoms with Gasteiger partial charge >= 0.3 is 0 Å². The van der Waals surface area contributed by atoms with Gasteiger partial charge in [0, 0.05) is 31.1 Å². The number of carbonyl (C=O) groups is 3. The second-order valence-corrected chi connectivity index (χ2v) is 10.6. The number of thioether (sulfide) groups is 1. The van der Waals surface area contributed by atoms with Crippen LogP contribution in [-0.4, -0.2) is 36.2 Å².